The summed E-state index contributed by atoms with van der Waals surface area (Å²) in [5, 5.41) is 12.6. The van der Waals surface area contributed by atoms with Crippen LogP contribution in [-0.4, -0.2) is 29.3 Å². The fourth-order valence-electron chi connectivity index (χ4n) is 2.16. The average Bonchev–Trinajstić information content (AvgIpc) is 2.73. The molecule has 1 aromatic heterocycles. The highest BCUT2D eigenvalue weighted by atomic mass is 16.3. The van der Waals surface area contributed by atoms with Gasteiger partial charge in [0, 0.05) is 13.0 Å². The molecule has 2 aromatic rings. The fraction of sp³-hybridized carbons (Fsp3) is 0.533. The summed E-state index contributed by atoms with van der Waals surface area (Å²) >= 11 is 0. The van der Waals surface area contributed by atoms with E-state index in [9.17, 15) is 5.11 Å². The predicted octanol–water partition coefficient (Wildman–Crippen LogP) is 2.29. The summed E-state index contributed by atoms with van der Waals surface area (Å²) in [6.45, 7) is 7.11. The SMILES string of the molecule is Cc1nc2cc(CCNC(CO)C(C)C)ccc2o1. The molecule has 0 amide bonds. The number of nitrogens with zero attached hydrogens (tertiary/aromatic N) is 1. The minimum absolute atomic E-state index is 0.165. The number of rotatable bonds is 6. The topological polar surface area (TPSA) is 58.3 Å². The Morgan fingerprint density at radius 2 is 2.16 bits per heavy atom. The number of aryl methyl sites for hydroxylation is 1. The van der Waals surface area contributed by atoms with Gasteiger partial charge < -0.3 is 14.8 Å². The van der Waals surface area contributed by atoms with Gasteiger partial charge >= 0.3 is 0 Å². The van der Waals surface area contributed by atoms with E-state index in [1.165, 1.54) is 5.56 Å². The minimum Gasteiger partial charge on any atom is -0.441 e. The molecule has 0 radical (unpaired) electrons. The van der Waals surface area contributed by atoms with Crippen molar-refractivity contribution in [2.75, 3.05) is 13.2 Å². The van der Waals surface area contributed by atoms with Crippen LogP contribution in [0.5, 0.6) is 0 Å². The maximum absolute atomic E-state index is 9.25. The monoisotopic (exact) mass is 262 g/mol. The van der Waals surface area contributed by atoms with Crippen LogP contribution in [0, 0.1) is 12.8 Å². The van der Waals surface area contributed by atoms with Gasteiger partial charge in [0.05, 0.1) is 6.61 Å². The molecule has 0 aliphatic heterocycles. The van der Waals surface area contributed by atoms with Crippen LogP contribution in [0.4, 0.5) is 0 Å². The Hall–Kier alpha value is -1.39. The van der Waals surface area contributed by atoms with Crippen LogP contribution in [0.2, 0.25) is 0 Å². The third-order valence-corrected chi connectivity index (χ3v) is 3.38. The maximum Gasteiger partial charge on any atom is 0.192 e. The quantitative estimate of drug-likeness (QED) is 0.838. The summed E-state index contributed by atoms with van der Waals surface area (Å²) in [4.78, 5) is 4.33. The number of hydrogen-bond donors (Lipinski definition) is 2. The summed E-state index contributed by atoms with van der Waals surface area (Å²) in [7, 11) is 0. The third-order valence-electron chi connectivity index (χ3n) is 3.38. The van der Waals surface area contributed by atoms with Crippen molar-refractivity contribution in [3.63, 3.8) is 0 Å². The Kier molecular flexibility index (Phi) is 4.56. The molecule has 1 aromatic carbocycles. The highest BCUT2D eigenvalue weighted by Crippen LogP contribution is 2.16. The van der Waals surface area contributed by atoms with Gasteiger partial charge in [-0.2, -0.15) is 0 Å². The van der Waals surface area contributed by atoms with E-state index >= 15 is 0 Å². The van der Waals surface area contributed by atoms with Crippen molar-refractivity contribution in [3.8, 4) is 0 Å². The summed E-state index contributed by atoms with van der Waals surface area (Å²) in [6, 6.07) is 6.27. The van der Waals surface area contributed by atoms with Crippen molar-refractivity contribution in [1.29, 1.82) is 0 Å². The first-order valence-electron chi connectivity index (χ1n) is 6.80. The van der Waals surface area contributed by atoms with Crippen LogP contribution in [0.3, 0.4) is 0 Å². The zero-order chi connectivity index (χ0) is 13.8. The van der Waals surface area contributed by atoms with Crippen molar-refractivity contribution < 1.29 is 9.52 Å². The first-order chi connectivity index (χ1) is 9.10. The average molecular weight is 262 g/mol. The van der Waals surface area contributed by atoms with Crippen molar-refractivity contribution in [2.24, 2.45) is 5.92 Å². The molecule has 4 nitrogen and oxygen atoms in total. The molecule has 0 saturated heterocycles. The van der Waals surface area contributed by atoms with Gasteiger partial charge in [0.2, 0.25) is 0 Å². The zero-order valence-corrected chi connectivity index (χ0v) is 11.8. The van der Waals surface area contributed by atoms with Crippen LogP contribution >= 0.6 is 0 Å². The predicted molar refractivity (Wildman–Crippen MR) is 76.2 cm³/mol. The molecule has 2 rings (SSSR count). The Balaban J connectivity index is 1.94. The Morgan fingerprint density at radius 1 is 1.37 bits per heavy atom. The lowest BCUT2D eigenvalue weighted by Crippen LogP contribution is -2.38. The second kappa shape index (κ2) is 6.17. The standard InChI is InChI=1S/C15H22N2O2/c1-10(2)14(9-18)16-7-6-12-4-5-15-13(8-12)17-11(3)19-15/h4-5,8,10,14,16,18H,6-7,9H2,1-3H3. The van der Waals surface area contributed by atoms with Crippen molar-refractivity contribution >= 4 is 11.1 Å². The Labute approximate surface area is 113 Å². The molecule has 0 bridgehead atoms. The van der Waals surface area contributed by atoms with Crippen molar-refractivity contribution in [2.45, 2.75) is 33.2 Å². The highest BCUT2D eigenvalue weighted by molar-refractivity contribution is 5.73. The van der Waals surface area contributed by atoms with Gasteiger partial charge in [-0.1, -0.05) is 19.9 Å². The molecular formula is C15H22N2O2. The van der Waals surface area contributed by atoms with Crippen LogP contribution in [-0.2, 0) is 6.42 Å². The number of hydrogen-bond acceptors (Lipinski definition) is 4. The molecule has 4 heteroatoms. The first-order valence-corrected chi connectivity index (χ1v) is 6.80. The summed E-state index contributed by atoms with van der Waals surface area (Å²) in [5.41, 5.74) is 2.98. The Bertz CT molecular complexity index is 534. The van der Waals surface area contributed by atoms with Gasteiger partial charge in [-0.15, -0.1) is 0 Å². The molecule has 0 fully saturated rings. The van der Waals surface area contributed by atoms with E-state index in [1.807, 2.05) is 13.0 Å². The third kappa shape index (κ3) is 3.55. The molecule has 1 heterocycles. The van der Waals surface area contributed by atoms with Gasteiger partial charge in [-0.05, 0) is 36.6 Å². The lowest BCUT2D eigenvalue weighted by Gasteiger charge is -2.19. The number of aliphatic hydroxyl groups is 1. The fourth-order valence-corrected chi connectivity index (χ4v) is 2.16. The van der Waals surface area contributed by atoms with E-state index in [0.29, 0.717) is 11.8 Å². The van der Waals surface area contributed by atoms with Gasteiger partial charge in [0.15, 0.2) is 11.5 Å². The smallest absolute Gasteiger partial charge is 0.192 e. The van der Waals surface area contributed by atoms with E-state index in [-0.39, 0.29) is 12.6 Å². The number of aromatic nitrogens is 1. The molecule has 1 unspecified atom stereocenters. The summed E-state index contributed by atoms with van der Waals surface area (Å²) < 4.78 is 5.45. The minimum atomic E-state index is 0.165. The summed E-state index contributed by atoms with van der Waals surface area (Å²) in [5.74, 6) is 1.14. The lowest BCUT2D eigenvalue weighted by molar-refractivity contribution is 0.212. The molecule has 2 N–H and O–H groups in total. The number of oxazole rings is 1. The molecule has 0 spiro atoms. The van der Waals surface area contributed by atoms with Crippen molar-refractivity contribution in [1.82, 2.24) is 10.3 Å². The molecule has 1 atom stereocenters. The normalized spacial score (nSPS) is 13.3. The van der Waals surface area contributed by atoms with Crippen molar-refractivity contribution in [3.05, 3.63) is 29.7 Å². The molecule has 19 heavy (non-hydrogen) atoms. The molecule has 0 saturated carbocycles. The molecular weight excluding hydrogens is 240 g/mol. The zero-order valence-electron chi connectivity index (χ0n) is 11.8. The number of fused-ring (bicyclic) bond motifs is 1. The maximum atomic E-state index is 9.25. The van der Waals surface area contributed by atoms with Crippen LogP contribution in [0.25, 0.3) is 11.1 Å². The Morgan fingerprint density at radius 3 is 2.84 bits per heavy atom. The van der Waals surface area contributed by atoms with E-state index in [1.54, 1.807) is 0 Å². The van der Waals surface area contributed by atoms with Crippen LogP contribution in [0.15, 0.2) is 22.6 Å². The molecule has 0 aliphatic rings. The number of benzene rings is 1. The molecule has 0 aliphatic carbocycles. The molecule has 104 valence electrons. The largest absolute Gasteiger partial charge is 0.441 e. The van der Waals surface area contributed by atoms with E-state index in [0.717, 1.165) is 24.1 Å². The van der Waals surface area contributed by atoms with Gasteiger partial charge in [0.25, 0.3) is 0 Å². The second-order valence-electron chi connectivity index (χ2n) is 5.27. The van der Waals surface area contributed by atoms with Gasteiger partial charge in [-0.25, -0.2) is 4.98 Å². The first kappa shape index (κ1) is 14.0. The van der Waals surface area contributed by atoms with E-state index < -0.39 is 0 Å². The number of nitrogens with one attached hydrogen (secondary N) is 1. The lowest BCUT2D eigenvalue weighted by atomic mass is 10.0. The van der Waals surface area contributed by atoms with Gasteiger partial charge in [0.1, 0.15) is 5.52 Å². The van der Waals surface area contributed by atoms with E-state index in [2.05, 4.69) is 36.3 Å². The van der Waals surface area contributed by atoms with Crippen LogP contribution in [0.1, 0.15) is 25.3 Å². The van der Waals surface area contributed by atoms with Crippen LogP contribution < -0.4 is 5.32 Å². The van der Waals surface area contributed by atoms with E-state index in [4.69, 9.17) is 4.42 Å². The van der Waals surface area contributed by atoms with Gasteiger partial charge in [-0.3, -0.25) is 0 Å². The highest BCUT2D eigenvalue weighted by Gasteiger charge is 2.10. The summed E-state index contributed by atoms with van der Waals surface area (Å²) in [6.07, 6.45) is 0.922. The second-order valence-corrected chi connectivity index (χ2v) is 5.27. The number of aliphatic hydroxyl groups excluding tert-OH is 1.